The maximum Gasteiger partial charge on any atom is 0.121 e. The molecule has 90 valence electrons. The predicted molar refractivity (Wildman–Crippen MR) is 67.8 cm³/mol. The Hall–Kier alpha value is -1.54. The smallest absolute Gasteiger partial charge is 0.121 e. The van der Waals surface area contributed by atoms with E-state index in [0.29, 0.717) is 17.1 Å². The average Bonchev–Trinajstić information content (AvgIpc) is 2.39. The van der Waals surface area contributed by atoms with E-state index in [1.807, 2.05) is 6.07 Å². The summed E-state index contributed by atoms with van der Waals surface area (Å²) in [6, 6.07) is 7.60. The summed E-state index contributed by atoms with van der Waals surface area (Å²) in [6.45, 7) is 1.46. The summed E-state index contributed by atoms with van der Waals surface area (Å²) in [4.78, 5) is 2.10. The minimum Gasteiger partial charge on any atom is -0.497 e. The molecule has 5 heteroatoms. The zero-order chi connectivity index (χ0) is 12.3. The van der Waals surface area contributed by atoms with Crippen LogP contribution in [-0.2, 0) is 10.8 Å². The van der Waals surface area contributed by atoms with Crippen molar-refractivity contribution in [2.24, 2.45) is 0 Å². The first kappa shape index (κ1) is 11.9. The summed E-state index contributed by atoms with van der Waals surface area (Å²) >= 11 is 0. The van der Waals surface area contributed by atoms with E-state index in [1.54, 1.807) is 19.2 Å². The molecule has 0 spiro atoms. The van der Waals surface area contributed by atoms with Crippen LogP contribution < -0.4 is 9.64 Å². The van der Waals surface area contributed by atoms with Gasteiger partial charge in [0.25, 0.3) is 0 Å². The Morgan fingerprint density at radius 1 is 1.41 bits per heavy atom. The molecule has 4 nitrogen and oxygen atoms in total. The summed E-state index contributed by atoms with van der Waals surface area (Å²) < 4.78 is 16.5. The van der Waals surface area contributed by atoms with Crippen molar-refractivity contribution in [3.8, 4) is 11.8 Å². The van der Waals surface area contributed by atoms with Crippen LogP contribution in [0.25, 0.3) is 0 Å². The molecule has 17 heavy (non-hydrogen) atoms. The van der Waals surface area contributed by atoms with Crippen LogP contribution in [0.1, 0.15) is 5.56 Å². The van der Waals surface area contributed by atoms with E-state index in [2.05, 4.69) is 11.0 Å². The van der Waals surface area contributed by atoms with Gasteiger partial charge < -0.3 is 9.64 Å². The minimum atomic E-state index is -0.706. The minimum absolute atomic E-state index is 0.637. The van der Waals surface area contributed by atoms with Gasteiger partial charge in [0.1, 0.15) is 11.8 Å². The molecule has 2 rings (SSSR count). The Morgan fingerprint density at radius 3 is 2.71 bits per heavy atom. The van der Waals surface area contributed by atoms with Crippen molar-refractivity contribution < 1.29 is 8.95 Å². The lowest BCUT2D eigenvalue weighted by atomic mass is 10.1. The first-order valence-electron chi connectivity index (χ1n) is 5.42. The van der Waals surface area contributed by atoms with Gasteiger partial charge in [0.2, 0.25) is 0 Å². The second kappa shape index (κ2) is 5.19. The number of nitrogens with zero attached hydrogens (tertiary/aromatic N) is 2. The van der Waals surface area contributed by atoms with Crippen LogP contribution in [0.2, 0.25) is 0 Å². The molecule has 0 unspecified atom stereocenters. The molecule has 0 atom stereocenters. The molecule has 0 radical (unpaired) electrons. The fraction of sp³-hybridized carbons (Fsp3) is 0.417. The number of ether oxygens (including phenoxy) is 1. The molecule has 1 aliphatic heterocycles. The van der Waals surface area contributed by atoms with Crippen LogP contribution in [0, 0.1) is 11.3 Å². The monoisotopic (exact) mass is 250 g/mol. The van der Waals surface area contributed by atoms with Gasteiger partial charge >= 0.3 is 0 Å². The highest BCUT2D eigenvalue weighted by molar-refractivity contribution is 7.85. The Bertz CT molecular complexity index is 472. The van der Waals surface area contributed by atoms with Crippen LogP contribution in [0.4, 0.5) is 5.69 Å². The third-order valence-corrected chi connectivity index (χ3v) is 4.12. The molecule has 0 bridgehead atoms. The number of nitriles is 1. The summed E-state index contributed by atoms with van der Waals surface area (Å²) in [5, 5.41) is 9.09. The topological polar surface area (TPSA) is 53.3 Å². The maximum atomic E-state index is 11.3. The first-order valence-corrected chi connectivity index (χ1v) is 6.91. The molecule has 0 aliphatic carbocycles. The van der Waals surface area contributed by atoms with Gasteiger partial charge in [0.15, 0.2) is 0 Å². The number of benzene rings is 1. The van der Waals surface area contributed by atoms with E-state index in [0.717, 1.165) is 24.5 Å². The highest BCUT2D eigenvalue weighted by Gasteiger charge is 2.18. The van der Waals surface area contributed by atoms with Gasteiger partial charge in [-0.25, -0.2) is 0 Å². The molecule has 1 aliphatic rings. The third kappa shape index (κ3) is 2.59. The molecule has 1 saturated heterocycles. The van der Waals surface area contributed by atoms with Crippen molar-refractivity contribution in [2.75, 3.05) is 36.6 Å². The van der Waals surface area contributed by atoms with Crippen LogP contribution in [-0.4, -0.2) is 35.9 Å². The molecular formula is C12H14N2O2S. The fourth-order valence-electron chi connectivity index (χ4n) is 1.87. The van der Waals surface area contributed by atoms with Gasteiger partial charge in [-0.3, -0.25) is 4.21 Å². The molecular weight excluding hydrogens is 236 g/mol. The standard InChI is InChI=1S/C12H14N2O2S/c1-16-11-3-2-10(9-13)12(8-11)14-4-6-17(15)7-5-14/h2-3,8H,4-7H2,1H3. The highest BCUT2D eigenvalue weighted by atomic mass is 32.2. The van der Waals surface area contributed by atoms with Crippen molar-refractivity contribution >= 4 is 16.5 Å². The normalized spacial score (nSPS) is 16.6. The van der Waals surface area contributed by atoms with E-state index < -0.39 is 10.8 Å². The van der Waals surface area contributed by atoms with Gasteiger partial charge in [-0.05, 0) is 12.1 Å². The van der Waals surface area contributed by atoms with Crippen LogP contribution in [0.15, 0.2) is 18.2 Å². The molecule has 0 N–H and O–H groups in total. The van der Waals surface area contributed by atoms with Crippen LogP contribution in [0.3, 0.4) is 0 Å². The zero-order valence-corrected chi connectivity index (χ0v) is 10.5. The third-order valence-electron chi connectivity index (χ3n) is 2.84. The number of methoxy groups -OCH3 is 1. The lowest BCUT2D eigenvalue weighted by molar-refractivity contribution is 0.414. The van der Waals surface area contributed by atoms with E-state index in [9.17, 15) is 4.21 Å². The van der Waals surface area contributed by atoms with Gasteiger partial charge in [0.05, 0.1) is 18.4 Å². The highest BCUT2D eigenvalue weighted by Crippen LogP contribution is 2.26. The maximum absolute atomic E-state index is 11.3. The summed E-state index contributed by atoms with van der Waals surface area (Å²) in [7, 11) is 0.901. The quantitative estimate of drug-likeness (QED) is 0.789. The molecule has 1 aromatic rings. The number of hydrogen-bond donors (Lipinski definition) is 0. The van der Waals surface area contributed by atoms with Crippen LogP contribution in [0.5, 0.6) is 5.75 Å². The Balaban J connectivity index is 2.30. The number of hydrogen-bond acceptors (Lipinski definition) is 4. The van der Waals surface area contributed by atoms with E-state index >= 15 is 0 Å². The van der Waals surface area contributed by atoms with Crippen molar-refractivity contribution in [2.45, 2.75) is 0 Å². The molecule has 1 aromatic carbocycles. The zero-order valence-electron chi connectivity index (χ0n) is 9.68. The van der Waals surface area contributed by atoms with Crippen LogP contribution >= 0.6 is 0 Å². The largest absolute Gasteiger partial charge is 0.497 e. The Kier molecular flexibility index (Phi) is 3.64. The lowest BCUT2D eigenvalue weighted by Gasteiger charge is -2.29. The van der Waals surface area contributed by atoms with Gasteiger partial charge in [-0.1, -0.05) is 0 Å². The van der Waals surface area contributed by atoms with Crippen molar-refractivity contribution in [1.29, 1.82) is 5.26 Å². The summed E-state index contributed by atoms with van der Waals surface area (Å²) in [5.41, 5.74) is 1.52. The molecule has 0 aromatic heterocycles. The van der Waals surface area contributed by atoms with Crippen molar-refractivity contribution in [1.82, 2.24) is 0 Å². The first-order chi connectivity index (χ1) is 8.24. The second-order valence-corrected chi connectivity index (χ2v) is 5.53. The Labute approximate surface area is 103 Å². The fourth-order valence-corrected chi connectivity index (χ4v) is 2.93. The van der Waals surface area contributed by atoms with Gasteiger partial charge in [0, 0.05) is 41.5 Å². The van der Waals surface area contributed by atoms with E-state index in [4.69, 9.17) is 10.00 Å². The Morgan fingerprint density at radius 2 is 2.12 bits per heavy atom. The number of anilines is 1. The molecule has 1 heterocycles. The lowest BCUT2D eigenvalue weighted by Crippen LogP contribution is -2.38. The predicted octanol–water partition coefficient (Wildman–Crippen LogP) is 1.14. The molecule has 1 fully saturated rings. The van der Waals surface area contributed by atoms with Gasteiger partial charge in [-0.2, -0.15) is 5.26 Å². The average molecular weight is 250 g/mol. The van der Waals surface area contributed by atoms with E-state index in [1.165, 1.54) is 0 Å². The van der Waals surface area contributed by atoms with Gasteiger partial charge in [-0.15, -0.1) is 0 Å². The summed E-state index contributed by atoms with van der Waals surface area (Å²) in [6.07, 6.45) is 0. The second-order valence-electron chi connectivity index (χ2n) is 3.83. The number of rotatable bonds is 2. The van der Waals surface area contributed by atoms with Crippen molar-refractivity contribution in [3.05, 3.63) is 23.8 Å². The molecule has 0 amide bonds. The SMILES string of the molecule is COc1ccc(C#N)c(N2CCS(=O)CC2)c1. The summed E-state index contributed by atoms with van der Waals surface area (Å²) in [5.74, 6) is 2.08. The van der Waals surface area contributed by atoms with E-state index in [-0.39, 0.29) is 0 Å². The van der Waals surface area contributed by atoms with Crippen molar-refractivity contribution in [3.63, 3.8) is 0 Å². The molecule has 0 saturated carbocycles.